The molecule has 1 N–H and O–H groups in total. The molecule has 0 radical (unpaired) electrons. The number of hydrogen-bond donors (Lipinski definition) is 1. The molecule has 0 atom stereocenters. The van der Waals surface area contributed by atoms with E-state index in [-0.39, 0.29) is 5.69 Å². The number of rotatable bonds is 3. The number of pyridine rings is 1. The minimum Gasteiger partial charge on any atom is -0.317 e. The van der Waals surface area contributed by atoms with Crippen molar-refractivity contribution in [2.45, 2.75) is 0 Å². The molecule has 0 bridgehead atoms. The van der Waals surface area contributed by atoms with Crippen molar-refractivity contribution in [3.8, 4) is 0 Å². The van der Waals surface area contributed by atoms with E-state index in [0.29, 0.717) is 10.9 Å². The highest BCUT2D eigenvalue weighted by Crippen LogP contribution is 2.29. The fourth-order valence-corrected chi connectivity index (χ4v) is 1.65. The summed E-state index contributed by atoms with van der Waals surface area (Å²) >= 11 is 0. The van der Waals surface area contributed by atoms with Crippen molar-refractivity contribution in [1.29, 1.82) is 0 Å². The maximum Gasteiger partial charge on any atom is 0.278 e. The molecule has 0 amide bonds. The maximum atomic E-state index is 10.9. The third-order valence-electron chi connectivity index (χ3n) is 2.29. The lowest BCUT2D eigenvalue weighted by molar-refractivity contribution is -0.383. The summed E-state index contributed by atoms with van der Waals surface area (Å²) in [6.07, 6.45) is 1.62. The minimum absolute atomic E-state index is 0.0670. The summed E-state index contributed by atoms with van der Waals surface area (Å²) in [5.41, 5.74) is 4.47. The van der Waals surface area contributed by atoms with Gasteiger partial charge in [0.05, 0.1) is 16.0 Å². The topological polar surface area (TPSA) is 71.3 Å². The second-order valence-corrected chi connectivity index (χ2v) is 3.80. The second kappa shape index (κ2) is 4.34. The van der Waals surface area contributed by atoms with Gasteiger partial charge in [-0.25, -0.2) is 5.01 Å². The smallest absolute Gasteiger partial charge is 0.278 e. The van der Waals surface area contributed by atoms with E-state index in [0.717, 1.165) is 5.69 Å². The van der Waals surface area contributed by atoms with Crippen LogP contribution in [-0.4, -0.2) is 29.0 Å². The van der Waals surface area contributed by atoms with Gasteiger partial charge in [0.25, 0.3) is 5.69 Å². The van der Waals surface area contributed by atoms with E-state index in [1.54, 1.807) is 29.4 Å². The Hall–Kier alpha value is -2.21. The molecule has 1 aromatic heterocycles. The molecule has 6 heteroatoms. The Balaban J connectivity index is 2.66. The number of hydrogen-bond acceptors (Lipinski definition) is 5. The number of nitro groups is 1. The molecule has 6 nitrogen and oxygen atoms in total. The summed E-state index contributed by atoms with van der Waals surface area (Å²) in [4.78, 5) is 14.7. The molecule has 0 unspecified atom stereocenters. The van der Waals surface area contributed by atoms with Crippen molar-refractivity contribution >= 4 is 22.3 Å². The normalized spacial score (nSPS) is 10.8. The van der Waals surface area contributed by atoms with E-state index >= 15 is 0 Å². The third-order valence-corrected chi connectivity index (χ3v) is 2.29. The van der Waals surface area contributed by atoms with Gasteiger partial charge in [-0.3, -0.25) is 15.1 Å². The van der Waals surface area contributed by atoms with Gasteiger partial charge in [-0.1, -0.05) is 0 Å². The van der Waals surface area contributed by atoms with E-state index < -0.39 is 4.92 Å². The molecular formula is C11H12N4O2. The number of benzene rings is 1. The average molecular weight is 232 g/mol. The summed E-state index contributed by atoms with van der Waals surface area (Å²) in [5, 5.41) is 13.2. The molecule has 0 aliphatic carbocycles. The van der Waals surface area contributed by atoms with Crippen molar-refractivity contribution in [3.63, 3.8) is 0 Å². The number of nitrogens with one attached hydrogen (secondary N) is 1. The highest BCUT2D eigenvalue weighted by Gasteiger charge is 2.14. The van der Waals surface area contributed by atoms with Gasteiger partial charge in [0.15, 0.2) is 0 Å². The number of anilines is 1. The van der Waals surface area contributed by atoms with Gasteiger partial charge >= 0.3 is 0 Å². The van der Waals surface area contributed by atoms with Crippen molar-refractivity contribution < 1.29 is 4.92 Å². The predicted molar refractivity (Wildman–Crippen MR) is 65.7 cm³/mol. The molecule has 88 valence electrons. The summed E-state index contributed by atoms with van der Waals surface area (Å²) in [5.74, 6) is 0. The van der Waals surface area contributed by atoms with Crippen LogP contribution in [-0.2, 0) is 0 Å². The number of nitro benzene ring substituents is 1. The molecule has 0 aliphatic rings. The number of fused-ring (bicyclic) bond motifs is 1. The molecule has 0 saturated heterocycles. The monoisotopic (exact) mass is 232 g/mol. The summed E-state index contributed by atoms with van der Waals surface area (Å²) in [7, 11) is 3.69. The quantitative estimate of drug-likeness (QED) is 0.647. The lowest BCUT2D eigenvalue weighted by atomic mass is 10.1. The SMILES string of the molecule is CN(C)Nc1ccc([N+](=O)[O-])c2cccnc12. The number of non-ortho nitro benzene ring substituents is 1. The van der Waals surface area contributed by atoms with Gasteiger partial charge in [0, 0.05) is 26.4 Å². The Labute approximate surface area is 98.0 Å². The molecule has 2 rings (SSSR count). The van der Waals surface area contributed by atoms with Gasteiger partial charge in [-0.15, -0.1) is 0 Å². The summed E-state index contributed by atoms with van der Waals surface area (Å²) < 4.78 is 0. The largest absolute Gasteiger partial charge is 0.317 e. The maximum absolute atomic E-state index is 10.9. The van der Waals surface area contributed by atoms with Crippen LogP contribution < -0.4 is 5.43 Å². The van der Waals surface area contributed by atoms with E-state index in [2.05, 4.69) is 10.4 Å². The zero-order valence-electron chi connectivity index (χ0n) is 9.54. The predicted octanol–water partition coefficient (Wildman–Crippen LogP) is 2.03. The zero-order valence-corrected chi connectivity index (χ0v) is 9.54. The van der Waals surface area contributed by atoms with Crippen LogP contribution in [0.3, 0.4) is 0 Å². The van der Waals surface area contributed by atoms with Crippen LogP contribution in [0, 0.1) is 10.1 Å². The van der Waals surface area contributed by atoms with Gasteiger partial charge in [-0.2, -0.15) is 0 Å². The van der Waals surface area contributed by atoms with Crippen molar-refractivity contribution in [3.05, 3.63) is 40.6 Å². The Morgan fingerprint density at radius 3 is 2.76 bits per heavy atom. The van der Waals surface area contributed by atoms with Crippen LogP contribution in [0.5, 0.6) is 0 Å². The van der Waals surface area contributed by atoms with Crippen LogP contribution in [0.4, 0.5) is 11.4 Å². The number of aromatic nitrogens is 1. The molecule has 17 heavy (non-hydrogen) atoms. The first-order valence-electron chi connectivity index (χ1n) is 5.05. The first-order chi connectivity index (χ1) is 8.09. The fraction of sp³-hybridized carbons (Fsp3) is 0.182. The molecule has 0 fully saturated rings. The van der Waals surface area contributed by atoms with Crippen LogP contribution >= 0.6 is 0 Å². The number of hydrazine groups is 1. The average Bonchev–Trinajstić information content (AvgIpc) is 2.28. The second-order valence-electron chi connectivity index (χ2n) is 3.80. The first-order valence-corrected chi connectivity index (χ1v) is 5.05. The zero-order chi connectivity index (χ0) is 12.4. The standard InChI is InChI=1S/C11H12N4O2/c1-14(2)13-9-5-6-10(15(16)17)8-4-3-7-12-11(8)9/h3-7,13H,1-2H3. The van der Waals surface area contributed by atoms with Crippen molar-refractivity contribution in [2.24, 2.45) is 0 Å². The van der Waals surface area contributed by atoms with Gasteiger partial charge in [-0.05, 0) is 18.2 Å². The highest BCUT2D eigenvalue weighted by atomic mass is 16.6. The van der Waals surface area contributed by atoms with E-state index in [4.69, 9.17) is 0 Å². The fourth-order valence-electron chi connectivity index (χ4n) is 1.65. The Morgan fingerprint density at radius 1 is 1.35 bits per heavy atom. The summed E-state index contributed by atoms with van der Waals surface area (Å²) in [6.45, 7) is 0. The third kappa shape index (κ3) is 2.16. The van der Waals surface area contributed by atoms with Crippen LogP contribution in [0.1, 0.15) is 0 Å². The molecule has 2 aromatic rings. The van der Waals surface area contributed by atoms with Crippen LogP contribution in [0.25, 0.3) is 10.9 Å². The Bertz CT molecular complexity index is 568. The summed E-state index contributed by atoms with van der Waals surface area (Å²) in [6, 6.07) is 6.53. The van der Waals surface area contributed by atoms with E-state index in [9.17, 15) is 10.1 Å². The first kappa shape index (κ1) is 11.3. The van der Waals surface area contributed by atoms with Crippen LogP contribution in [0.2, 0.25) is 0 Å². The molecule has 0 spiro atoms. The molecule has 1 aromatic carbocycles. The minimum atomic E-state index is -0.399. The van der Waals surface area contributed by atoms with Crippen LogP contribution in [0.15, 0.2) is 30.5 Å². The Kier molecular flexibility index (Phi) is 2.88. The van der Waals surface area contributed by atoms with Gasteiger partial charge in [0.2, 0.25) is 0 Å². The molecule has 0 aliphatic heterocycles. The van der Waals surface area contributed by atoms with Gasteiger partial charge in [0.1, 0.15) is 5.52 Å². The van der Waals surface area contributed by atoms with E-state index in [1.165, 1.54) is 6.07 Å². The lowest BCUT2D eigenvalue weighted by Gasteiger charge is -2.14. The molecule has 1 heterocycles. The molecular weight excluding hydrogens is 220 g/mol. The van der Waals surface area contributed by atoms with E-state index in [1.807, 2.05) is 14.1 Å². The number of nitrogens with zero attached hydrogens (tertiary/aromatic N) is 3. The van der Waals surface area contributed by atoms with Gasteiger partial charge < -0.3 is 5.43 Å². The highest BCUT2D eigenvalue weighted by molar-refractivity contribution is 5.96. The Morgan fingerprint density at radius 2 is 2.12 bits per heavy atom. The molecule has 0 saturated carbocycles. The van der Waals surface area contributed by atoms with Crippen molar-refractivity contribution in [2.75, 3.05) is 19.5 Å². The lowest BCUT2D eigenvalue weighted by Crippen LogP contribution is -2.19. The van der Waals surface area contributed by atoms with Crippen molar-refractivity contribution in [1.82, 2.24) is 9.99 Å².